The molecule has 1 N–H and O–H groups in total. The molecule has 0 radical (unpaired) electrons. The van der Waals surface area contributed by atoms with Gasteiger partial charge >= 0.3 is 0 Å². The van der Waals surface area contributed by atoms with Crippen molar-refractivity contribution in [3.8, 4) is 11.4 Å². The van der Waals surface area contributed by atoms with E-state index in [9.17, 15) is 0 Å². The van der Waals surface area contributed by atoms with Crippen LogP contribution in [-0.2, 0) is 6.42 Å². The van der Waals surface area contributed by atoms with Gasteiger partial charge in [0.1, 0.15) is 0 Å². The smallest absolute Gasteiger partial charge is 0.230 e. The van der Waals surface area contributed by atoms with Crippen molar-refractivity contribution < 1.29 is 4.52 Å². The van der Waals surface area contributed by atoms with Crippen LogP contribution in [0, 0.1) is 0 Å². The normalized spacial score (nSPS) is 16.0. The number of hydrogen-bond acceptors (Lipinski definition) is 4. The number of aromatic nitrogens is 3. The highest BCUT2D eigenvalue weighted by Gasteiger charge is 2.25. The second-order valence-electron chi connectivity index (χ2n) is 7.55. The van der Waals surface area contributed by atoms with Gasteiger partial charge in [-0.05, 0) is 44.0 Å². The molecule has 0 bridgehead atoms. The minimum Gasteiger partial charge on any atom is -0.361 e. The van der Waals surface area contributed by atoms with Crippen molar-refractivity contribution in [2.75, 3.05) is 19.6 Å². The molecule has 1 fully saturated rings. The number of likely N-dealkylation sites (tertiary alicyclic amines) is 1. The van der Waals surface area contributed by atoms with Crippen LogP contribution in [0.1, 0.15) is 30.2 Å². The van der Waals surface area contributed by atoms with Gasteiger partial charge in [0.2, 0.25) is 11.7 Å². The van der Waals surface area contributed by atoms with E-state index < -0.39 is 0 Å². The predicted octanol–water partition coefficient (Wildman–Crippen LogP) is 4.64. The number of rotatable bonds is 5. The molecular formula is C23H24N4O. The highest BCUT2D eigenvalue weighted by atomic mass is 16.5. The number of nitrogens with zero attached hydrogens (tertiary/aromatic N) is 3. The molecule has 2 aromatic carbocycles. The van der Waals surface area contributed by atoms with E-state index in [-0.39, 0.29) is 0 Å². The summed E-state index contributed by atoms with van der Waals surface area (Å²) < 4.78 is 5.58. The van der Waals surface area contributed by atoms with Crippen molar-refractivity contribution in [1.29, 1.82) is 0 Å². The second-order valence-corrected chi connectivity index (χ2v) is 7.55. The summed E-state index contributed by atoms with van der Waals surface area (Å²) in [5.41, 5.74) is 3.64. The molecule has 5 rings (SSSR count). The lowest BCUT2D eigenvalue weighted by atomic mass is 9.96. The first-order valence-corrected chi connectivity index (χ1v) is 10.0. The van der Waals surface area contributed by atoms with Gasteiger partial charge in [-0.2, -0.15) is 4.98 Å². The lowest BCUT2D eigenvalue weighted by molar-refractivity contribution is 0.196. The maximum absolute atomic E-state index is 5.58. The molecule has 5 nitrogen and oxygen atoms in total. The lowest BCUT2D eigenvalue weighted by Crippen LogP contribution is -2.34. The van der Waals surface area contributed by atoms with Gasteiger partial charge in [0.15, 0.2) is 0 Å². The Hall–Kier alpha value is -2.92. The fourth-order valence-corrected chi connectivity index (χ4v) is 4.13. The Kier molecular flexibility index (Phi) is 4.67. The molecule has 3 heterocycles. The summed E-state index contributed by atoms with van der Waals surface area (Å²) in [4.78, 5) is 10.6. The fourth-order valence-electron chi connectivity index (χ4n) is 4.13. The molecule has 0 saturated carbocycles. The zero-order valence-corrected chi connectivity index (χ0v) is 15.8. The standard InChI is InChI=1S/C23H24N4O/c1-2-6-17(7-3-1)22-25-23(28-26-22)18-10-13-27(14-11-18)15-12-19-16-24-21-9-5-4-8-20(19)21/h1-9,16,18,24H,10-15H2. The number of H-pyrrole nitrogens is 1. The molecule has 0 amide bonds. The summed E-state index contributed by atoms with van der Waals surface area (Å²) in [5, 5.41) is 5.52. The van der Waals surface area contributed by atoms with Crippen LogP contribution in [0.5, 0.6) is 0 Å². The monoisotopic (exact) mass is 372 g/mol. The van der Waals surface area contributed by atoms with Crippen molar-refractivity contribution in [1.82, 2.24) is 20.0 Å². The maximum Gasteiger partial charge on any atom is 0.230 e. The van der Waals surface area contributed by atoms with Crippen LogP contribution in [0.4, 0.5) is 0 Å². The van der Waals surface area contributed by atoms with E-state index in [4.69, 9.17) is 4.52 Å². The first-order valence-electron chi connectivity index (χ1n) is 10.0. The van der Waals surface area contributed by atoms with Crippen molar-refractivity contribution in [2.45, 2.75) is 25.2 Å². The van der Waals surface area contributed by atoms with Crippen molar-refractivity contribution in [2.24, 2.45) is 0 Å². The van der Waals surface area contributed by atoms with Crippen molar-refractivity contribution in [3.63, 3.8) is 0 Å². The first-order chi connectivity index (χ1) is 13.9. The Morgan fingerprint density at radius 1 is 1.00 bits per heavy atom. The molecule has 0 aliphatic carbocycles. The van der Waals surface area contributed by atoms with Crippen LogP contribution >= 0.6 is 0 Å². The molecule has 1 aliphatic heterocycles. The van der Waals surface area contributed by atoms with E-state index in [1.54, 1.807) is 0 Å². The minimum atomic E-state index is 0.370. The van der Waals surface area contributed by atoms with Gasteiger partial charge in [0, 0.05) is 35.1 Å². The molecule has 4 aromatic rings. The molecule has 142 valence electrons. The third kappa shape index (κ3) is 3.45. The number of para-hydroxylation sites is 1. The Bertz CT molecular complexity index is 1040. The highest BCUT2D eigenvalue weighted by Crippen LogP contribution is 2.29. The number of fused-ring (bicyclic) bond motifs is 1. The highest BCUT2D eigenvalue weighted by molar-refractivity contribution is 5.83. The number of nitrogens with one attached hydrogen (secondary N) is 1. The van der Waals surface area contributed by atoms with E-state index in [0.29, 0.717) is 11.7 Å². The van der Waals surface area contributed by atoms with Gasteiger partial charge < -0.3 is 14.4 Å². The van der Waals surface area contributed by atoms with Crippen molar-refractivity contribution >= 4 is 10.9 Å². The van der Waals surface area contributed by atoms with Crippen LogP contribution < -0.4 is 0 Å². The topological polar surface area (TPSA) is 58.0 Å². The fraction of sp³-hybridized carbons (Fsp3) is 0.304. The van der Waals surface area contributed by atoms with Gasteiger partial charge in [0.05, 0.1) is 0 Å². The van der Waals surface area contributed by atoms with E-state index in [0.717, 1.165) is 50.4 Å². The van der Waals surface area contributed by atoms with E-state index >= 15 is 0 Å². The summed E-state index contributed by atoms with van der Waals surface area (Å²) >= 11 is 0. The van der Waals surface area contributed by atoms with E-state index in [1.165, 1.54) is 16.5 Å². The van der Waals surface area contributed by atoms with Crippen molar-refractivity contribution in [3.05, 3.63) is 72.2 Å². The Balaban J connectivity index is 1.17. The molecule has 0 atom stereocenters. The zero-order chi connectivity index (χ0) is 18.8. The Labute approximate surface area is 164 Å². The van der Waals surface area contributed by atoms with Crippen LogP contribution in [0.3, 0.4) is 0 Å². The number of hydrogen-bond donors (Lipinski definition) is 1. The Morgan fingerprint density at radius 3 is 2.64 bits per heavy atom. The van der Waals surface area contributed by atoms with Gasteiger partial charge in [-0.25, -0.2) is 0 Å². The SMILES string of the molecule is c1ccc(-c2noc(C3CCN(CCc4c[nH]c5ccccc45)CC3)n2)cc1. The molecule has 2 aromatic heterocycles. The largest absolute Gasteiger partial charge is 0.361 e. The van der Waals surface area contributed by atoms with Gasteiger partial charge in [-0.15, -0.1) is 0 Å². The molecule has 5 heteroatoms. The molecular weight excluding hydrogens is 348 g/mol. The first kappa shape index (κ1) is 17.2. The van der Waals surface area contributed by atoms with Gasteiger partial charge in [-0.3, -0.25) is 0 Å². The van der Waals surface area contributed by atoms with Gasteiger partial charge in [0.25, 0.3) is 0 Å². The predicted molar refractivity (Wildman–Crippen MR) is 110 cm³/mol. The second kappa shape index (κ2) is 7.60. The molecule has 0 unspecified atom stereocenters. The summed E-state index contributed by atoms with van der Waals surface area (Å²) in [7, 11) is 0. The van der Waals surface area contributed by atoms with E-state index in [1.807, 2.05) is 30.3 Å². The average molecular weight is 372 g/mol. The summed E-state index contributed by atoms with van der Waals surface area (Å²) in [6, 6.07) is 18.6. The lowest BCUT2D eigenvalue weighted by Gasteiger charge is -2.30. The number of piperidine rings is 1. The Morgan fingerprint density at radius 2 is 1.79 bits per heavy atom. The van der Waals surface area contributed by atoms with Crippen LogP contribution in [0.25, 0.3) is 22.3 Å². The third-order valence-corrected chi connectivity index (χ3v) is 5.78. The summed E-state index contributed by atoms with van der Waals surface area (Å²) in [5.74, 6) is 1.85. The average Bonchev–Trinajstić information content (AvgIpc) is 3.41. The minimum absolute atomic E-state index is 0.370. The molecule has 1 aliphatic rings. The maximum atomic E-state index is 5.58. The number of benzene rings is 2. The molecule has 1 saturated heterocycles. The van der Waals surface area contributed by atoms with Crippen LogP contribution in [-0.4, -0.2) is 39.7 Å². The van der Waals surface area contributed by atoms with Gasteiger partial charge in [-0.1, -0.05) is 53.7 Å². The third-order valence-electron chi connectivity index (χ3n) is 5.78. The number of aromatic amines is 1. The summed E-state index contributed by atoms with van der Waals surface area (Å²) in [6.45, 7) is 3.25. The van der Waals surface area contributed by atoms with Crippen LogP contribution in [0.2, 0.25) is 0 Å². The summed E-state index contributed by atoms with van der Waals surface area (Å²) in [6.07, 6.45) is 5.38. The molecule has 0 spiro atoms. The quantitative estimate of drug-likeness (QED) is 0.554. The van der Waals surface area contributed by atoms with Crippen LogP contribution in [0.15, 0.2) is 65.3 Å². The molecule has 28 heavy (non-hydrogen) atoms. The zero-order valence-electron chi connectivity index (χ0n) is 15.8. The van der Waals surface area contributed by atoms with E-state index in [2.05, 4.69) is 50.5 Å².